The molecule has 0 amide bonds. The van der Waals surface area contributed by atoms with Crippen LogP contribution in [0, 0.1) is 0 Å². The Morgan fingerprint density at radius 3 is 2.26 bits per heavy atom. The highest BCUT2D eigenvalue weighted by Gasteiger charge is 2.29. The second-order valence-electron chi connectivity index (χ2n) is 5.27. The molecule has 1 aliphatic heterocycles. The second kappa shape index (κ2) is 5.63. The molecule has 1 heterocycles. The van der Waals surface area contributed by atoms with Crippen molar-refractivity contribution < 1.29 is 0 Å². The quantitative estimate of drug-likeness (QED) is 0.512. The van der Waals surface area contributed by atoms with Gasteiger partial charge < -0.3 is 0 Å². The Morgan fingerprint density at radius 2 is 1.68 bits per heavy atom. The van der Waals surface area contributed by atoms with Gasteiger partial charge >= 0.3 is 0 Å². The summed E-state index contributed by atoms with van der Waals surface area (Å²) in [6.45, 7) is 6.35. The summed E-state index contributed by atoms with van der Waals surface area (Å²) in [6.07, 6.45) is 4.60. The first-order valence-electron chi connectivity index (χ1n) is 6.60. The molecule has 0 saturated carbocycles. The van der Waals surface area contributed by atoms with E-state index in [-0.39, 0.29) is 9.16 Å². The lowest BCUT2D eigenvalue weighted by atomic mass is 9.77. The number of hydrogen-bond donors (Lipinski definition) is 2. The predicted molar refractivity (Wildman–Crippen MR) is 94.3 cm³/mol. The average molecular weight is 327 g/mol. The first-order chi connectivity index (χ1) is 9.10. The molecule has 0 fully saturated rings. The topological polar surface area (TPSA) is 0 Å². The summed E-state index contributed by atoms with van der Waals surface area (Å²) >= 11 is 12.9. The Morgan fingerprint density at radius 1 is 1.11 bits per heavy atom. The molecule has 4 atom stereocenters. The molecule has 0 spiro atoms. The Balaban J connectivity index is 2.08. The fourth-order valence-corrected chi connectivity index (χ4v) is 6.05. The molecule has 0 radical (unpaired) electrons. The van der Waals surface area contributed by atoms with Crippen LogP contribution in [-0.2, 0) is 0 Å². The van der Waals surface area contributed by atoms with Crippen molar-refractivity contribution in [3.05, 3.63) is 35.9 Å². The number of thiol groups is 2. The van der Waals surface area contributed by atoms with Gasteiger partial charge in [0.2, 0.25) is 0 Å². The van der Waals surface area contributed by atoms with Crippen LogP contribution in [0.3, 0.4) is 0 Å². The van der Waals surface area contributed by atoms with E-state index in [0.29, 0.717) is 11.8 Å². The van der Waals surface area contributed by atoms with Gasteiger partial charge in [-0.3, -0.25) is 0 Å². The van der Waals surface area contributed by atoms with Gasteiger partial charge in [0, 0.05) is 15.7 Å². The number of thioether (sulfide) groups is 2. The Labute approximate surface area is 135 Å². The smallest absolute Gasteiger partial charge is 0.0730 e. The van der Waals surface area contributed by atoms with Crippen molar-refractivity contribution in [2.24, 2.45) is 0 Å². The van der Waals surface area contributed by atoms with Crippen LogP contribution in [0.15, 0.2) is 34.6 Å². The van der Waals surface area contributed by atoms with Crippen molar-refractivity contribution in [3.8, 4) is 0 Å². The molecule has 1 aliphatic carbocycles. The molecule has 2 aliphatic rings. The van der Waals surface area contributed by atoms with Crippen LogP contribution in [-0.4, -0.2) is 9.16 Å². The Bertz CT molecular complexity index is 511. The number of fused-ring (bicyclic) bond motifs is 2. The normalized spacial score (nSPS) is 33.4. The second-order valence-corrected chi connectivity index (χ2v) is 9.44. The zero-order valence-corrected chi connectivity index (χ0v) is 14.3. The standard InChI is InChI=1S/C15H18S4/c1-3-9-5-4-8(2)10-6-12-13(7-11(9)10)19-15(17)14(16)18-12/h3,6-9,14-17H,1,4-5H2,2H3. The van der Waals surface area contributed by atoms with Crippen LogP contribution in [0.5, 0.6) is 0 Å². The summed E-state index contributed by atoms with van der Waals surface area (Å²) in [5.41, 5.74) is 3.00. The number of allylic oxidation sites excluding steroid dienone is 1. The lowest BCUT2D eigenvalue weighted by molar-refractivity contribution is 0.551. The van der Waals surface area contributed by atoms with E-state index in [9.17, 15) is 0 Å². The van der Waals surface area contributed by atoms with Crippen LogP contribution in [0.1, 0.15) is 42.7 Å². The van der Waals surface area contributed by atoms with Gasteiger partial charge in [0.15, 0.2) is 0 Å². The van der Waals surface area contributed by atoms with Crippen LogP contribution < -0.4 is 0 Å². The Hall–Kier alpha value is 0.360. The number of benzene rings is 1. The van der Waals surface area contributed by atoms with Crippen molar-refractivity contribution >= 4 is 48.8 Å². The van der Waals surface area contributed by atoms with Crippen LogP contribution in [0.25, 0.3) is 0 Å². The lowest BCUT2D eigenvalue weighted by Crippen LogP contribution is -2.16. The molecule has 0 nitrogen and oxygen atoms in total. The van der Waals surface area contributed by atoms with Gasteiger partial charge in [-0.15, -0.1) is 30.1 Å². The molecule has 3 rings (SSSR count). The fourth-order valence-electron chi connectivity index (χ4n) is 2.89. The van der Waals surface area contributed by atoms with E-state index in [0.717, 1.165) is 0 Å². The number of rotatable bonds is 1. The van der Waals surface area contributed by atoms with Crippen molar-refractivity contribution in [3.63, 3.8) is 0 Å². The maximum atomic E-state index is 4.62. The van der Waals surface area contributed by atoms with E-state index >= 15 is 0 Å². The molecule has 102 valence electrons. The van der Waals surface area contributed by atoms with Gasteiger partial charge in [0.1, 0.15) is 0 Å². The van der Waals surface area contributed by atoms with Crippen molar-refractivity contribution in [2.75, 3.05) is 0 Å². The van der Waals surface area contributed by atoms with E-state index in [1.807, 2.05) is 23.5 Å². The monoisotopic (exact) mass is 326 g/mol. The molecule has 0 N–H and O–H groups in total. The molecule has 0 aromatic heterocycles. The first kappa shape index (κ1) is 14.3. The largest absolute Gasteiger partial charge is 0.162 e. The van der Waals surface area contributed by atoms with Gasteiger partial charge in [-0.2, -0.15) is 25.3 Å². The zero-order chi connectivity index (χ0) is 13.6. The minimum Gasteiger partial charge on any atom is -0.162 e. The highest BCUT2D eigenvalue weighted by molar-refractivity contribution is 8.18. The third-order valence-corrected chi connectivity index (χ3v) is 8.39. The van der Waals surface area contributed by atoms with Crippen LogP contribution in [0.4, 0.5) is 0 Å². The third kappa shape index (κ3) is 2.61. The van der Waals surface area contributed by atoms with Crippen LogP contribution >= 0.6 is 48.8 Å². The van der Waals surface area contributed by atoms with E-state index in [4.69, 9.17) is 0 Å². The molecule has 1 aromatic carbocycles. The van der Waals surface area contributed by atoms with Gasteiger partial charge in [0.05, 0.1) is 9.16 Å². The molecule has 0 saturated heterocycles. The summed E-state index contributed by atoms with van der Waals surface area (Å²) in [4.78, 5) is 2.75. The lowest BCUT2D eigenvalue weighted by Gasteiger charge is -2.32. The van der Waals surface area contributed by atoms with E-state index in [1.165, 1.54) is 33.8 Å². The molecule has 19 heavy (non-hydrogen) atoms. The summed E-state index contributed by atoms with van der Waals surface area (Å²) < 4.78 is 0.537. The minimum absolute atomic E-state index is 0.266. The molecule has 0 bridgehead atoms. The first-order valence-corrected chi connectivity index (χ1v) is 9.39. The van der Waals surface area contributed by atoms with Crippen molar-refractivity contribution in [1.29, 1.82) is 0 Å². The number of hydrogen-bond acceptors (Lipinski definition) is 4. The molecular weight excluding hydrogens is 308 g/mol. The highest BCUT2D eigenvalue weighted by Crippen LogP contribution is 2.51. The van der Waals surface area contributed by atoms with E-state index in [2.05, 4.69) is 57.0 Å². The maximum Gasteiger partial charge on any atom is 0.0730 e. The van der Waals surface area contributed by atoms with Crippen LogP contribution in [0.2, 0.25) is 0 Å². The fraction of sp³-hybridized carbons (Fsp3) is 0.467. The van der Waals surface area contributed by atoms with Gasteiger partial charge in [-0.05, 0) is 42.0 Å². The SMILES string of the molecule is C=CC1CCC(C)c2cc3c(cc21)SC(S)C(S)S3. The summed E-state index contributed by atoms with van der Waals surface area (Å²) in [5, 5.41) is 0. The highest BCUT2D eigenvalue weighted by atomic mass is 32.2. The third-order valence-electron chi connectivity index (χ3n) is 4.01. The maximum absolute atomic E-state index is 4.62. The molecule has 4 unspecified atom stereocenters. The summed E-state index contributed by atoms with van der Waals surface area (Å²) in [6, 6.07) is 4.78. The molecule has 1 aromatic rings. The van der Waals surface area contributed by atoms with E-state index in [1.54, 1.807) is 0 Å². The van der Waals surface area contributed by atoms with E-state index < -0.39 is 0 Å². The van der Waals surface area contributed by atoms with Crippen molar-refractivity contribution in [2.45, 2.75) is 50.6 Å². The van der Waals surface area contributed by atoms with Gasteiger partial charge in [-0.1, -0.05) is 13.0 Å². The van der Waals surface area contributed by atoms with Crippen molar-refractivity contribution in [1.82, 2.24) is 0 Å². The average Bonchev–Trinajstić information content (AvgIpc) is 2.39. The summed E-state index contributed by atoms with van der Waals surface area (Å²) in [5.74, 6) is 1.18. The predicted octanol–water partition coefficient (Wildman–Crippen LogP) is 5.56. The molecular formula is C15H18S4. The van der Waals surface area contributed by atoms with Gasteiger partial charge in [0.25, 0.3) is 0 Å². The Kier molecular flexibility index (Phi) is 4.24. The summed E-state index contributed by atoms with van der Waals surface area (Å²) in [7, 11) is 0. The zero-order valence-electron chi connectivity index (χ0n) is 10.9. The molecule has 4 heteroatoms. The minimum atomic E-state index is 0.266. The van der Waals surface area contributed by atoms with Gasteiger partial charge in [-0.25, -0.2) is 0 Å².